The standard InChI is InChI=1S/C25H32FN5O2S/c26-21-4-6-22(7-5-21)27-24(32)18-29-8-10-30(11-9-29)19-25(33)28-23-3-1-2-20(16-23)17-31-12-14-34-15-13-31/h1-7,16H,8-15,17-19H2,(H,27,32)(H,28,33). The van der Waals surface area contributed by atoms with Crippen molar-refractivity contribution in [2.24, 2.45) is 0 Å². The molecule has 2 aliphatic rings. The summed E-state index contributed by atoms with van der Waals surface area (Å²) in [6.45, 7) is 6.64. The molecule has 0 spiro atoms. The number of benzene rings is 2. The highest BCUT2D eigenvalue weighted by molar-refractivity contribution is 7.99. The Morgan fingerprint density at radius 3 is 1.97 bits per heavy atom. The Morgan fingerprint density at radius 1 is 0.765 bits per heavy atom. The van der Waals surface area contributed by atoms with Crippen LogP contribution in [0.3, 0.4) is 0 Å². The summed E-state index contributed by atoms with van der Waals surface area (Å²) in [6, 6.07) is 13.9. The van der Waals surface area contributed by atoms with Crippen molar-refractivity contribution < 1.29 is 14.0 Å². The van der Waals surface area contributed by atoms with Crippen molar-refractivity contribution in [1.29, 1.82) is 0 Å². The first-order valence-corrected chi connectivity index (χ1v) is 12.9. The number of piperazine rings is 1. The molecule has 0 saturated carbocycles. The molecule has 0 aromatic heterocycles. The minimum Gasteiger partial charge on any atom is -0.325 e. The monoisotopic (exact) mass is 485 g/mol. The Labute approximate surface area is 204 Å². The van der Waals surface area contributed by atoms with E-state index in [9.17, 15) is 14.0 Å². The van der Waals surface area contributed by atoms with Crippen LogP contribution in [0.15, 0.2) is 48.5 Å². The predicted octanol–water partition coefficient (Wildman–Crippen LogP) is 2.57. The number of amides is 2. The zero-order valence-electron chi connectivity index (χ0n) is 19.3. The average Bonchev–Trinajstić information content (AvgIpc) is 2.83. The second-order valence-corrected chi connectivity index (χ2v) is 9.97. The number of hydrogen-bond acceptors (Lipinski definition) is 6. The van der Waals surface area contributed by atoms with Crippen molar-refractivity contribution >= 4 is 35.0 Å². The van der Waals surface area contributed by atoms with E-state index >= 15 is 0 Å². The van der Waals surface area contributed by atoms with Crippen molar-refractivity contribution in [3.63, 3.8) is 0 Å². The molecule has 0 bridgehead atoms. The average molecular weight is 486 g/mol. The van der Waals surface area contributed by atoms with E-state index in [0.29, 0.717) is 25.3 Å². The number of anilines is 2. The van der Waals surface area contributed by atoms with Crippen molar-refractivity contribution in [2.75, 3.05) is 74.5 Å². The van der Waals surface area contributed by atoms with Crippen LogP contribution in [0.1, 0.15) is 5.56 Å². The smallest absolute Gasteiger partial charge is 0.238 e. The molecule has 2 saturated heterocycles. The first-order chi connectivity index (χ1) is 16.5. The molecular weight excluding hydrogens is 453 g/mol. The van der Waals surface area contributed by atoms with Crippen LogP contribution in [0.5, 0.6) is 0 Å². The van der Waals surface area contributed by atoms with Crippen LogP contribution in [0.2, 0.25) is 0 Å². The number of nitrogens with zero attached hydrogens (tertiary/aromatic N) is 3. The molecule has 0 atom stereocenters. The van der Waals surface area contributed by atoms with Crippen LogP contribution >= 0.6 is 11.8 Å². The number of hydrogen-bond donors (Lipinski definition) is 2. The zero-order chi connectivity index (χ0) is 23.8. The molecule has 4 rings (SSSR count). The van der Waals surface area contributed by atoms with Crippen LogP contribution < -0.4 is 10.6 Å². The lowest BCUT2D eigenvalue weighted by molar-refractivity contribution is -0.120. The van der Waals surface area contributed by atoms with Crippen molar-refractivity contribution in [3.05, 3.63) is 59.9 Å². The van der Waals surface area contributed by atoms with Crippen molar-refractivity contribution in [2.45, 2.75) is 6.54 Å². The molecule has 0 aliphatic carbocycles. The van der Waals surface area contributed by atoms with Crippen LogP contribution in [0, 0.1) is 5.82 Å². The van der Waals surface area contributed by atoms with E-state index in [1.165, 1.54) is 29.2 Å². The lowest BCUT2D eigenvalue weighted by atomic mass is 10.2. The van der Waals surface area contributed by atoms with Gasteiger partial charge in [0.05, 0.1) is 13.1 Å². The Bertz CT molecular complexity index is 960. The number of halogens is 1. The molecule has 0 unspecified atom stereocenters. The Hall–Kier alpha value is -2.46. The van der Waals surface area contributed by atoms with E-state index in [1.54, 1.807) is 12.1 Å². The van der Waals surface area contributed by atoms with E-state index in [1.807, 2.05) is 23.9 Å². The maximum Gasteiger partial charge on any atom is 0.238 e. The third kappa shape index (κ3) is 7.80. The van der Waals surface area contributed by atoms with E-state index in [4.69, 9.17) is 0 Å². The number of carbonyl (C=O) groups excluding carboxylic acids is 2. The molecule has 182 valence electrons. The molecule has 34 heavy (non-hydrogen) atoms. The molecule has 2 fully saturated rings. The number of nitrogens with one attached hydrogen (secondary N) is 2. The normalized spacial score (nSPS) is 17.9. The van der Waals surface area contributed by atoms with Gasteiger partial charge in [-0.25, -0.2) is 4.39 Å². The molecular formula is C25H32FN5O2S. The fourth-order valence-electron chi connectivity index (χ4n) is 4.21. The van der Waals surface area contributed by atoms with E-state index in [2.05, 4.69) is 37.5 Å². The second-order valence-electron chi connectivity index (χ2n) is 8.74. The molecule has 0 radical (unpaired) electrons. The summed E-state index contributed by atoms with van der Waals surface area (Å²) in [5.41, 5.74) is 2.64. The van der Waals surface area contributed by atoms with Gasteiger partial charge in [-0.15, -0.1) is 0 Å². The molecule has 2 aromatic carbocycles. The topological polar surface area (TPSA) is 67.9 Å². The van der Waals surface area contributed by atoms with Crippen molar-refractivity contribution in [3.8, 4) is 0 Å². The summed E-state index contributed by atoms with van der Waals surface area (Å²) in [5.74, 6) is 1.89. The summed E-state index contributed by atoms with van der Waals surface area (Å²) in [6.07, 6.45) is 0. The van der Waals surface area contributed by atoms with Crippen LogP contribution in [-0.2, 0) is 16.1 Å². The molecule has 2 N–H and O–H groups in total. The van der Waals surface area contributed by atoms with Gasteiger partial charge in [-0.3, -0.25) is 24.3 Å². The highest BCUT2D eigenvalue weighted by atomic mass is 32.2. The number of thioether (sulfide) groups is 1. The Balaban J connectivity index is 1.17. The minimum absolute atomic E-state index is 0.0194. The molecule has 2 heterocycles. The van der Waals surface area contributed by atoms with Crippen LogP contribution in [0.4, 0.5) is 15.8 Å². The lowest BCUT2D eigenvalue weighted by Gasteiger charge is -2.33. The Morgan fingerprint density at radius 2 is 1.35 bits per heavy atom. The third-order valence-electron chi connectivity index (χ3n) is 6.05. The number of carbonyl (C=O) groups is 2. The fourth-order valence-corrected chi connectivity index (χ4v) is 5.19. The summed E-state index contributed by atoms with van der Waals surface area (Å²) in [5, 5.41) is 5.82. The highest BCUT2D eigenvalue weighted by Crippen LogP contribution is 2.16. The summed E-state index contributed by atoms with van der Waals surface area (Å²) in [4.78, 5) is 31.5. The van der Waals surface area contributed by atoms with Gasteiger partial charge in [0.25, 0.3) is 0 Å². The molecule has 7 nitrogen and oxygen atoms in total. The van der Waals surface area contributed by atoms with Gasteiger partial charge in [0.15, 0.2) is 0 Å². The Kier molecular flexibility index (Phi) is 8.92. The largest absolute Gasteiger partial charge is 0.325 e. The summed E-state index contributed by atoms with van der Waals surface area (Å²) in [7, 11) is 0. The predicted molar refractivity (Wildman–Crippen MR) is 136 cm³/mol. The van der Waals surface area contributed by atoms with Gasteiger partial charge in [-0.1, -0.05) is 12.1 Å². The summed E-state index contributed by atoms with van der Waals surface area (Å²) < 4.78 is 13.0. The number of rotatable bonds is 8. The molecule has 2 aromatic rings. The fraction of sp³-hybridized carbons (Fsp3) is 0.440. The lowest BCUT2D eigenvalue weighted by Crippen LogP contribution is -2.50. The SMILES string of the molecule is O=C(CN1CCN(CC(=O)Nc2cccc(CN3CCSCC3)c2)CC1)Nc1ccc(F)cc1. The van der Waals surface area contributed by atoms with Crippen LogP contribution in [0.25, 0.3) is 0 Å². The van der Waals surface area contributed by atoms with Gasteiger partial charge in [0.1, 0.15) is 5.82 Å². The maximum atomic E-state index is 13.0. The maximum absolute atomic E-state index is 13.0. The molecule has 2 amide bonds. The van der Waals surface area contributed by atoms with Gasteiger partial charge in [-0.05, 0) is 42.0 Å². The van der Waals surface area contributed by atoms with Gasteiger partial charge in [0, 0.05) is 68.7 Å². The quantitative estimate of drug-likeness (QED) is 0.599. The van der Waals surface area contributed by atoms with Gasteiger partial charge in [0.2, 0.25) is 11.8 Å². The van der Waals surface area contributed by atoms with Crippen molar-refractivity contribution in [1.82, 2.24) is 14.7 Å². The van der Waals surface area contributed by atoms with Crippen LogP contribution in [-0.4, -0.2) is 90.4 Å². The zero-order valence-corrected chi connectivity index (χ0v) is 20.2. The first kappa shape index (κ1) is 24.7. The summed E-state index contributed by atoms with van der Waals surface area (Å²) >= 11 is 2.00. The van der Waals surface area contributed by atoms with E-state index in [0.717, 1.165) is 38.4 Å². The minimum atomic E-state index is -0.331. The first-order valence-electron chi connectivity index (χ1n) is 11.7. The third-order valence-corrected chi connectivity index (χ3v) is 6.99. The van der Waals surface area contributed by atoms with Gasteiger partial charge < -0.3 is 10.6 Å². The van der Waals surface area contributed by atoms with Gasteiger partial charge in [-0.2, -0.15) is 11.8 Å². The van der Waals surface area contributed by atoms with E-state index in [-0.39, 0.29) is 24.2 Å². The molecule has 9 heteroatoms. The highest BCUT2D eigenvalue weighted by Gasteiger charge is 2.21. The van der Waals surface area contributed by atoms with E-state index < -0.39 is 0 Å². The van der Waals surface area contributed by atoms with Gasteiger partial charge >= 0.3 is 0 Å². The molecule has 2 aliphatic heterocycles. The second kappa shape index (κ2) is 12.3.